The first kappa shape index (κ1) is 22.3. The zero-order valence-electron chi connectivity index (χ0n) is 18.9. The van der Waals surface area contributed by atoms with Crippen LogP contribution in [-0.4, -0.2) is 32.3 Å². The predicted molar refractivity (Wildman–Crippen MR) is 132 cm³/mol. The van der Waals surface area contributed by atoms with Crippen LogP contribution in [-0.2, 0) is 0 Å². The highest BCUT2D eigenvalue weighted by Crippen LogP contribution is 2.35. The van der Waals surface area contributed by atoms with Gasteiger partial charge in [0.15, 0.2) is 5.78 Å². The third-order valence-corrected chi connectivity index (χ3v) is 6.25. The summed E-state index contributed by atoms with van der Waals surface area (Å²) in [5.41, 5.74) is 8.34. The number of ketones is 1. The number of urea groups is 1. The second kappa shape index (κ2) is 9.38. The lowest BCUT2D eigenvalue weighted by Crippen LogP contribution is -2.34. The van der Waals surface area contributed by atoms with Crippen molar-refractivity contribution in [2.24, 2.45) is 0 Å². The van der Waals surface area contributed by atoms with Crippen molar-refractivity contribution in [3.05, 3.63) is 83.8 Å². The van der Waals surface area contributed by atoms with Gasteiger partial charge in [-0.3, -0.25) is 14.9 Å². The summed E-state index contributed by atoms with van der Waals surface area (Å²) in [4.78, 5) is 46.6. The van der Waals surface area contributed by atoms with Crippen molar-refractivity contribution in [3.63, 3.8) is 0 Å². The average Bonchev–Trinajstić information content (AvgIpc) is 3.53. The molecule has 2 aromatic heterocycles. The minimum atomic E-state index is -0.695. The molecule has 0 atom stereocenters. The van der Waals surface area contributed by atoms with Gasteiger partial charge in [-0.2, -0.15) is 0 Å². The van der Waals surface area contributed by atoms with Gasteiger partial charge in [-0.15, -0.1) is 0 Å². The molecule has 176 valence electrons. The van der Waals surface area contributed by atoms with Crippen LogP contribution < -0.4 is 16.4 Å². The standard InChI is InChI=1S/C26H24N6O3/c27-23-21-20(14-32(19-11-4-5-12-19)24(21)29-15-28-23)22(33)17-9-6-10-18(13-17)30-26(35)31-25(34)16-7-2-1-3-8-16/h1-3,6-10,13-15,19H,4-5,11-12H2,(H2,27,28,29)(H2,30,31,34,35). The molecule has 0 unspecified atom stereocenters. The molecule has 2 heterocycles. The van der Waals surface area contributed by atoms with Gasteiger partial charge in [0.2, 0.25) is 0 Å². The van der Waals surface area contributed by atoms with Crippen LogP contribution in [0.4, 0.5) is 16.3 Å². The van der Waals surface area contributed by atoms with Crippen molar-refractivity contribution in [1.82, 2.24) is 19.9 Å². The van der Waals surface area contributed by atoms with E-state index in [-0.39, 0.29) is 17.6 Å². The Kier molecular flexibility index (Phi) is 5.97. The Labute approximate surface area is 201 Å². The maximum absolute atomic E-state index is 13.5. The van der Waals surface area contributed by atoms with Crippen LogP contribution in [0.3, 0.4) is 0 Å². The minimum absolute atomic E-state index is 0.252. The molecule has 4 aromatic rings. The maximum Gasteiger partial charge on any atom is 0.326 e. The maximum atomic E-state index is 13.5. The van der Waals surface area contributed by atoms with Crippen molar-refractivity contribution in [2.45, 2.75) is 31.7 Å². The molecule has 1 aliphatic rings. The van der Waals surface area contributed by atoms with Gasteiger partial charge in [0.25, 0.3) is 5.91 Å². The van der Waals surface area contributed by atoms with E-state index in [9.17, 15) is 14.4 Å². The number of amides is 3. The van der Waals surface area contributed by atoms with E-state index in [1.54, 1.807) is 54.6 Å². The molecule has 0 aliphatic heterocycles. The van der Waals surface area contributed by atoms with Crippen LogP contribution in [0.1, 0.15) is 58.0 Å². The monoisotopic (exact) mass is 468 g/mol. The summed E-state index contributed by atoms with van der Waals surface area (Å²) >= 11 is 0. The number of carbonyl (C=O) groups excluding carboxylic acids is 3. The molecule has 0 radical (unpaired) electrons. The molecule has 4 N–H and O–H groups in total. The summed E-state index contributed by atoms with van der Waals surface area (Å²) in [7, 11) is 0. The van der Waals surface area contributed by atoms with Crippen LogP contribution in [0.25, 0.3) is 11.0 Å². The molecule has 9 heteroatoms. The lowest BCUT2D eigenvalue weighted by molar-refractivity contribution is 0.0966. The summed E-state index contributed by atoms with van der Waals surface area (Å²) in [6.07, 6.45) is 7.55. The fourth-order valence-electron chi connectivity index (χ4n) is 4.56. The van der Waals surface area contributed by atoms with Crippen LogP contribution in [0.2, 0.25) is 0 Å². The van der Waals surface area contributed by atoms with Gasteiger partial charge in [0.05, 0.1) is 10.9 Å². The fraction of sp³-hybridized carbons (Fsp3) is 0.192. The molecule has 0 bridgehead atoms. The molecule has 1 aliphatic carbocycles. The Hall–Kier alpha value is -4.53. The molecule has 0 saturated heterocycles. The van der Waals surface area contributed by atoms with E-state index >= 15 is 0 Å². The van der Waals surface area contributed by atoms with Crippen molar-refractivity contribution < 1.29 is 14.4 Å². The van der Waals surface area contributed by atoms with Crippen molar-refractivity contribution in [1.29, 1.82) is 0 Å². The molecular weight excluding hydrogens is 444 g/mol. The second-order valence-corrected chi connectivity index (χ2v) is 8.53. The van der Waals surface area contributed by atoms with E-state index in [0.717, 1.165) is 25.7 Å². The first-order valence-electron chi connectivity index (χ1n) is 11.4. The number of carbonyl (C=O) groups is 3. The van der Waals surface area contributed by atoms with Gasteiger partial charge in [-0.1, -0.05) is 43.2 Å². The van der Waals surface area contributed by atoms with Crippen LogP contribution in [0, 0.1) is 0 Å². The van der Waals surface area contributed by atoms with Gasteiger partial charge >= 0.3 is 6.03 Å². The first-order valence-corrected chi connectivity index (χ1v) is 11.4. The smallest absolute Gasteiger partial charge is 0.326 e. The first-order chi connectivity index (χ1) is 17.0. The van der Waals surface area contributed by atoms with Crippen LogP contribution in [0.5, 0.6) is 0 Å². The number of imide groups is 1. The molecule has 35 heavy (non-hydrogen) atoms. The van der Waals surface area contributed by atoms with E-state index in [1.807, 2.05) is 10.8 Å². The highest BCUT2D eigenvalue weighted by atomic mass is 16.2. The lowest BCUT2D eigenvalue weighted by Gasteiger charge is -2.12. The summed E-state index contributed by atoms with van der Waals surface area (Å²) in [6, 6.07) is 14.5. The van der Waals surface area contributed by atoms with Gasteiger partial charge in [0.1, 0.15) is 17.8 Å². The van der Waals surface area contributed by atoms with E-state index in [0.29, 0.717) is 33.4 Å². The zero-order chi connectivity index (χ0) is 24.4. The minimum Gasteiger partial charge on any atom is -0.383 e. The number of hydrogen-bond donors (Lipinski definition) is 3. The van der Waals surface area contributed by atoms with Crippen molar-refractivity contribution >= 4 is 40.3 Å². The molecule has 3 amide bonds. The number of benzene rings is 2. The van der Waals surface area contributed by atoms with Crippen LogP contribution >= 0.6 is 0 Å². The highest BCUT2D eigenvalue weighted by molar-refractivity contribution is 6.18. The van der Waals surface area contributed by atoms with Crippen LogP contribution in [0.15, 0.2) is 67.1 Å². The molecule has 5 rings (SSSR count). The summed E-state index contributed by atoms with van der Waals surface area (Å²) < 4.78 is 2.04. The quantitative estimate of drug-likeness (QED) is 0.374. The number of hydrogen-bond acceptors (Lipinski definition) is 6. The number of nitrogen functional groups attached to an aromatic ring is 1. The number of fused-ring (bicyclic) bond motifs is 1. The summed E-state index contributed by atoms with van der Waals surface area (Å²) in [5, 5.41) is 5.43. The number of aromatic nitrogens is 3. The number of nitrogens with zero attached hydrogens (tertiary/aromatic N) is 3. The predicted octanol–water partition coefficient (Wildman–Crippen LogP) is 4.32. The van der Waals surface area contributed by atoms with E-state index in [1.165, 1.54) is 6.33 Å². The molecule has 9 nitrogen and oxygen atoms in total. The SMILES string of the molecule is Nc1ncnc2c1c(C(=O)c1cccc(NC(=O)NC(=O)c3ccccc3)c1)cn2C1CCCC1. The Bertz CT molecular complexity index is 1420. The van der Waals surface area contributed by atoms with Crippen molar-refractivity contribution in [3.8, 4) is 0 Å². The Morgan fingerprint density at radius 2 is 1.69 bits per heavy atom. The summed E-state index contributed by atoms with van der Waals surface area (Å²) in [5.74, 6) is -0.522. The Morgan fingerprint density at radius 1 is 0.943 bits per heavy atom. The van der Waals surface area contributed by atoms with Crippen molar-refractivity contribution in [2.75, 3.05) is 11.1 Å². The molecule has 0 spiro atoms. The van der Waals surface area contributed by atoms with E-state index < -0.39 is 11.9 Å². The fourth-order valence-corrected chi connectivity index (χ4v) is 4.56. The second-order valence-electron chi connectivity index (χ2n) is 8.53. The molecule has 1 saturated carbocycles. The van der Waals surface area contributed by atoms with Gasteiger partial charge < -0.3 is 15.6 Å². The lowest BCUT2D eigenvalue weighted by atomic mass is 10.0. The highest BCUT2D eigenvalue weighted by Gasteiger charge is 2.25. The van der Waals surface area contributed by atoms with Gasteiger partial charge in [-0.05, 0) is 37.1 Å². The largest absolute Gasteiger partial charge is 0.383 e. The molecular formula is C26H24N6O3. The van der Waals surface area contributed by atoms with Gasteiger partial charge in [0, 0.05) is 29.1 Å². The zero-order valence-corrected chi connectivity index (χ0v) is 18.9. The van der Waals surface area contributed by atoms with E-state index in [4.69, 9.17) is 5.73 Å². The molecule has 1 fully saturated rings. The average molecular weight is 469 g/mol. The summed E-state index contributed by atoms with van der Waals surface area (Å²) in [6.45, 7) is 0. The topological polar surface area (TPSA) is 132 Å². The third kappa shape index (κ3) is 4.48. The number of rotatable bonds is 5. The Morgan fingerprint density at radius 3 is 2.46 bits per heavy atom. The van der Waals surface area contributed by atoms with E-state index in [2.05, 4.69) is 20.6 Å². The van der Waals surface area contributed by atoms with Gasteiger partial charge in [-0.25, -0.2) is 14.8 Å². The number of nitrogens with two attached hydrogens (primary N) is 1. The normalized spacial score (nSPS) is 13.6. The third-order valence-electron chi connectivity index (χ3n) is 6.25. The number of nitrogens with one attached hydrogen (secondary N) is 2. The molecule has 2 aromatic carbocycles. The number of anilines is 2. The Balaban J connectivity index is 1.39.